The van der Waals surface area contributed by atoms with Crippen LogP contribution in [0.3, 0.4) is 0 Å². The second-order valence-corrected chi connectivity index (χ2v) is 5.24. The highest BCUT2D eigenvalue weighted by Gasteiger charge is 2.13. The highest BCUT2D eigenvalue weighted by Crippen LogP contribution is 2.13. The van der Waals surface area contributed by atoms with E-state index < -0.39 is 0 Å². The van der Waals surface area contributed by atoms with Gasteiger partial charge in [0.25, 0.3) is 0 Å². The van der Waals surface area contributed by atoms with Gasteiger partial charge in [-0.1, -0.05) is 52.4 Å². The van der Waals surface area contributed by atoms with Crippen molar-refractivity contribution >= 4 is 33.1 Å². The average molecular weight is 325 g/mol. The maximum Gasteiger partial charge on any atom is 0.143 e. The summed E-state index contributed by atoms with van der Waals surface area (Å²) < 4.78 is 2.90. The van der Waals surface area contributed by atoms with Crippen LogP contribution in [0.1, 0.15) is 23.9 Å². The molecule has 0 radical (unpaired) electrons. The third-order valence-corrected chi connectivity index (χ3v) is 3.37. The summed E-state index contributed by atoms with van der Waals surface area (Å²) in [7, 11) is 0. The molecule has 4 nitrogen and oxygen atoms in total. The summed E-state index contributed by atoms with van der Waals surface area (Å²) in [5, 5.41) is 8.15. The largest absolute Gasteiger partial charge is 0.388 e. The Bertz CT molecular complexity index is 562. The molecule has 0 bridgehead atoms. The standard InChI is InChI=1S/C12H13BrN4S/c1-2-10-11(12(14)18)15-16-17(10)7-8-3-5-9(13)6-4-8/h3-6H,2,7H2,1H3,(H2,14,18). The van der Waals surface area contributed by atoms with Crippen LogP contribution in [-0.4, -0.2) is 20.0 Å². The van der Waals surface area contributed by atoms with Gasteiger partial charge in [-0.05, 0) is 24.1 Å². The second kappa shape index (κ2) is 5.58. The fourth-order valence-corrected chi connectivity index (χ4v) is 2.19. The Kier molecular flexibility index (Phi) is 4.08. The molecule has 0 saturated heterocycles. The molecule has 1 heterocycles. The first-order valence-corrected chi connectivity index (χ1v) is 6.78. The summed E-state index contributed by atoms with van der Waals surface area (Å²) in [6.45, 7) is 2.71. The number of benzene rings is 1. The van der Waals surface area contributed by atoms with Gasteiger partial charge in [-0.15, -0.1) is 5.10 Å². The molecular formula is C12H13BrN4S. The third kappa shape index (κ3) is 2.76. The van der Waals surface area contributed by atoms with Crippen molar-refractivity contribution in [2.75, 3.05) is 0 Å². The van der Waals surface area contributed by atoms with Crippen LogP contribution in [-0.2, 0) is 13.0 Å². The molecule has 0 spiro atoms. The predicted molar refractivity (Wildman–Crippen MR) is 78.5 cm³/mol. The highest BCUT2D eigenvalue weighted by molar-refractivity contribution is 9.10. The summed E-state index contributed by atoms with van der Waals surface area (Å²) in [6.07, 6.45) is 0.802. The summed E-state index contributed by atoms with van der Waals surface area (Å²) in [5.74, 6) is 0. The number of thiocarbonyl (C=S) groups is 1. The molecule has 0 aliphatic rings. The van der Waals surface area contributed by atoms with E-state index in [4.69, 9.17) is 18.0 Å². The first-order valence-electron chi connectivity index (χ1n) is 5.58. The minimum absolute atomic E-state index is 0.300. The molecule has 0 amide bonds. The number of aromatic nitrogens is 3. The van der Waals surface area contributed by atoms with E-state index >= 15 is 0 Å². The number of nitrogens with two attached hydrogens (primary N) is 1. The van der Waals surface area contributed by atoms with Crippen molar-refractivity contribution in [3.8, 4) is 0 Å². The molecule has 0 atom stereocenters. The first-order chi connectivity index (χ1) is 8.61. The number of hydrogen-bond donors (Lipinski definition) is 1. The van der Waals surface area contributed by atoms with E-state index in [1.54, 1.807) is 0 Å². The van der Waals surface area contributed by atoms with E-state index in [0.717, 1.165) is 22.2 Å². The van der Waals surface area contributed by atoms with Crippen LogP contribution in [0.4, 0.5) is 0 Å². The molecule has 0 fully saturated rings. The zero-order chi connectivity index (χ0) is 13.1. The van der Waals surface area contributed by atoms with Crippen LogP contribution in [0.25, 0.3) is 0 Å². The van der Waals surface area contributed by atoms with E-state index in [1.165, 1.54) is 0 Å². The van der Waals surface area contributed by atoms with Crippen molar-refractivity contribution in [2.24, 2.45) is 5.73 Å². The average Bonchev–Trinajstić information content (AvgIpc) is 2.75. The van der Waals surface area contributed by atoms with E-state index in [1.807, 2.05) is 35.9 Å². The van der Waals surface area contributed by atoms with Gasteiger partial charge < -0.3 is 5.73 Å². The highest BCUT2D eigenvalue weighted by atomic mass is 79.9. The van der Waals surface area contributed by atoms with Gasteiger partial charge in [-0.2, -0.15) is 0 Å². The van der Waals surface area contributed by atoms with E-state index in [2.05, 4.69) is 26.2 Å². The summed E-state index contributed by atoms with van der Waals surface area (Å²) in [6, 6.07) is 8.11. The molecule has 94 valence electrons. The van der Waals surface area contributed by atoms with Crippen molar-refractivity contribution in [1.29, 1.82) is 0 Å². The Morgan fingerprint density at radius 1 is 1.39 bits per heavy atom. The molecule has 18 heavy (non-hydrogen) atoms. The number of nitrogens with zero attached hydrogens (tertiary/aromatic N) is 3. The maximum atomic E-state index is 5.63. The van der Waals surface area contributed by atoms with Crippen LogP contribution < -0.4 is 5.73 Å². The van der Waals surface area contributed by atoms with Gasteiger partial charge in [0, 0.05) is 4.47 Å². The van der Waals surface area contributed by atoms with Crippen LogP contribution in [0.15, 0.2) is 28.7 Å². The van der Waals surface area contributed by atoms with Crippen molar-refractivity contribution in [1.82, 2.24) is 15.0 Å². The lowest BCUT2D eigenvalue weighted by molar-refractivity contribution is 0.622. The van der Waals surface area contributed by atoms with E-state index in [0.29, 0.717) is 17.2 Å². The molecule has 0 aliphatic carbocycles. The van der Waals surface area contributed by atoms with Crippen molar-refractivity contribution < 1.29 is 0 Å². The lowest BCUT2D eigenvalue weighted by Gasteiger charge is -2.06. The number of hydrogen-bond acceptors (Lipinski definition) is 3. The Morgan fingerprint density at radius 2 is 2.06 bits per heavy atom. The molecule has 0 unspecified atom stereocenters. The molecule has 2 N–H and O–H groups in total. The monoisotopic (exact) mass is 324 g/mol. The van der Waals surface area contributed by atoms with Gasteiger partial charge in [0.2, 0.25) is 0 Å². The Labute approximate surface area is 119 Å². The van der Waals surface area contributed by atoms with Gasteiger partial charge in [-0.25, -0.2) is 4.68 Å². The fraction of sp³-hybridized carbons (Fsp3) is 0.250. The van der Waals surface area contributed by atoms with E-state index in [-0.39, 0.29) is 0 Å². The molecule has 1 aromatic carbocycles. The molecule has 1 aromatic heterocycles. The minimum Gasteiger partial charge on any atom is -0.388 e. The molecule has 6 heteroatoms. The maximum absolute atomic E-state index is 5.63. The predicted octanol–water partition coefficient (Wildman–Crippen LogP) is 2.29. The lowest BCUT2D eigenvalue weighted by atomic mass is 10.2. The topological polar surface area (TPSA) is 56.7 Å². The van der Waals surface area contributed by atoms with Crippen LogP contribution in [0, 0.1) is 0 Å². The summed E-state index contributed by atoms with van der Waals surface area (Å²) in [5.41, 5.74) is 8.39. The third-order valence-electron chi connectivity index (χ3n) is 2.65. The fourth-order valence-electron chi connectivity index (χ4n) is 1.76. The van der Waals surface area contributed by atoms with Crippen molar-refractivity contribution in [3.63, 3.8) is 0 Å². The normalized spacial score (nSPS) is 10.6. The smallest absolute Gasteiger partial charge is 0.143 e. The molecule has 2 aromatic rings. The number of rotatable bonds is 4. The quantitative estimate of drug-likeness (QED) is 0.877. The van der Waals surface area contributed by atoms with Crippen LogP contribution in [0.2, 0.25) is 0 Å². The molecule has 0 aliphatic heterocycles. The van der Waals surface area contributed by atoms with Crippen LogP contribution >= 0.6 is 28.1 Å². The summed E-state index contributed by atoms with van der Waals surface area (Å²) >= 11 is 8.38. The van der Waals surface area contributed by atoms with Gasteiger partial charge in [0.15, 0.2) is 0 Å². The SMILES string of the molecule is CCc1c(C(N)=S)nnn1Cc1ccc(Br)cc1. The van der Waals surface area contributed by atoms with Gasteiger partial charge in [0.1, 0.15) is 10.7 Å². The molecule has 0 saturated carbocycles. The van der Waals surface area contributed by atoms with Gasteiger partial charge in [-0.3, -0.25) is 0 Å². The zero-order valence-electron chi connectivity index (χ0n) is 9.93. The summed E-state index contributed by atoms with van der Waals surface area (Å²) in [4.78, 5) is 0.300. The number of halogens is 1. The second-order valence-electron chi connectivity index (χ2n) is 3.89. The van der Waals surface area contributed by atoms with Gasteiger partial charge >= 0.3 is 0 Å². The van der Waals surface area contributed by atoms with Gasteiger partial charge in [0.05, 0.1) is 12.2 Å². The lowest BCUT2D eigenvalue weighted by Crippen LogP contribution is -2.14. The van der Waals surface area contributed by atoms with E-state index in [9.17, 15) is 0 Å². The van der Waals surface area contributed by atoms with Crippen LogP contribution in [0.5, 0.6) is 0 Å². The molecule has 2 rings (SSSR count). The Morgan fingerprint density at radius 3 is 2.61 bits per heavy atom. The first kappa shape index (κ1) is 13.2. The molecular weight excluding hydrogens is 312 g/mol. The minimum atomic E-state index is 0.300. The van der Waals surface area contributed by atoms with Crippen molar-refractivity contribution in [3.05, 3.63) is 45.7 Å². The zero-order valence-corrected chi connectivity index (χ0v) is 12.3. The van der Waals surface area contributed by atoms with Crippen molar-refractivity contribution in [2.45, 2.75) is 19.9 Å². The Balaban J connectivity index is 2.29. The Hall–Kier alpha value is -1.27.